The van der Waals surface area contributed by atoms with E-state index >= 15 is 0 Å². The molecule has 4 heteroatoms. The van der Waals surface area contributed by atoms with Crippen LogP contribution >= 0.6 is 0 Å². The molecule has 0 heterocycles. The fraction of sp³-hybridized carbons (Fsp3) is 0.533. The van der Waals surface area contributed by atoms with Gasteiger partial charge in [-0.3, -0.25) is 0 Å². The lowest BCUT2D eigenvalue weighted by molar-refractivity contribution is 0.351. The van der Waals surface area contributed by atoms with Crippen molar-refractivity contribution in [3.8, 4) is 6.07 Å². The van der Waals surface area contributed by atoms with Crippen LogP contribution in [0.1, 0.15) is 31.2 Å². The molecule has 0 amide bonds. The maximum atomic E-state index is 13.2. The van der Waals surface area contributed by atoms with Crippen LogP contribution in [-0.4, -0.2) is 26.2 Å². The molecule has 0 radical (unpaired) electrons. The molecule has 0 spiro atoms. The third kappa shape index (κ3) is 3.05. The molecule has 102 valence electrons. The van der Waals surface area contributed by atoms with E-state index < -0.39 is 0 Å². The summed E-state index contributed by atoms with van der Waals surface area (Å²) in [5, 5.41) is 12.4. The molecule has 0 bridgehead atoms. The molecule has 0 aromatic heterocycles. The highest BCUT2D eigenvalue weighted by Crippen LogP contribution is 2.28. The Kier molecular flexibility index (Phi) is 4.39. The van der Waals surface area contributed by atoms with Gasteiger partial charge in [0.05, 0.1) is 11.3 Å². The van der Waals surface area contributed by atoms with Gasteiger partial charge in [-0.25, -0.2) is 4.39 Å². The minimum absolute atomic E-state index is 0.354. The van der Waals surface area contributed by atoms with Gasteiger partial charge in [-0.05, 0) is 50.9 Å². The molecule has 1 aromatic rings. The van der Waals surface area contributed by atoms with Gasteiger partial charge in [-0.15, -0.1) is 0 Å². The van der Waals surface area contributed by atoms with Gasteiger partial charge in [0.1, 0.15) is 11.9 Å². The van der Waals surface area contributed by atoms with Crippen LogP contribution in [0.5, 0.6) is 0 Å². The molecule has 0 unspecified atom stereocenters. The predicted molar refractivity (Wildman–Crippen MR) is 74.6 cm³/mol. The van der Waals surface area contributed by atoms with Crippen LogP contribution in [0.3, 0.4) is 0 Å². The van der Waals surface area contributed by atoms with E-state index in [9.17, 15) is 4.39 Å². The zero-order chi connectivity index (χ0) is 13.8. The molecule has 1 aromatic carbocycles. The molecule has 1 aliphatic carbocycles. The summed E-state index contributed by atoms with van der Waals surface area (Å²) in [6.07, 6.45) is 4.50. The van der Waals surface area contributed by atoms with E-state index in [0.717, 1.165) is 31.4 Å². The van der Waals surface area contributed by atoms with Crippen molar-refractivity contribution in [2.45, 2.75) is 37.8 Å². The van der Waals surface area contributed by atoms with Gasteiger partial charge in [0, 0.05) is 19.1 Å². The largest absolute Gasteiger partial charge is 0.371 e. The molecule has 0 atom stereocenters. The first-order valence-corrected chi connectivity index (χ1v) is 6.75. The normalized spacial score (nSPS) is 22.8. The highest BCUT2D eigenvalue weighted by atomic mass is 19.1. The summed E-state index contributed by atoms with van der Waals surface area (Å²) in [6, 6.07) is 7.56. The van der Waals surface area contributed by atoms with E-state index in [1.165, 1.54) is 12.1 Å². The first-order chi connectivity index (χ1) is 9.15. The summed E-state index contributed by atoms with van der Waals surface area (Å²) in [5.41, 5.74) is 1.25. The van der Waals surface area contributed by atoms with Crippen molar-refractivity contribution in [1.82, 2.24) is 5.32 Å². The number of anilines is 1. The monoisotopic (exact) mass is 261 g/mol. The molecule has 1 aliphatic rings. The lowest BCUT2D eigenvalue weighted by atomic mass is 9.90. The van der Waals surface area contributed by atoms with E-state index in [2.05, 4.69) is 16.3 Å². The lowest BCUT2D eigenvalue weighted by Gasteiger charge is -2.36. The van der Waals surface area contributed by atoms with Crippen LogP contribution in [0.15, 0.2) is 18.2 Å². The van der Waals surface area contributed by atoms with Gasteiger partial charge in [-0.2, -0.15) is 5.26 Å². The quantitative estimate of drug-likeness (QED) is 0.909. The van der Waals surface area contributed by atoms with E-state index in [-0.39, 0.29) is 5.82 Å². The molecule has 3 nitrogen and oxygen atoms in total. The number of nitrogens with zero attached hydrogens (tertiary/aromatic N) is 2. The number of hydrogen-bond acceptors (Lipinski definition) is 3. The SMILES string of the molecule is CNC1CCC(N(C)c2ccc(F)cc2C#N)CC1. The molecule has 2 rings (SSSR count). The highest BCUT2D eigenvalue weighted by Gasteiger charge is 2.24. The van der Waals surface area contributed by atoms with Gasteiger partial charge < -0.3 is 10.2 Å². The van der Waals surface area contributed by atoms with Crippen molar-refractivity contribution < 1.29 is 4.39 Å². The van der Waals surface area contributed by atoms with Crippen LogP contribution in [0.25, 0.3) is 0 Å². The fourth-order valence-electron chi connectivity index (χ4n) is 2.85. The third-order valence-electron chi connectivity index (χ3n) is 4.11. The van der Waals surface area contributed by atoms with Gasteiger partial charge in [-0.1, -0.05) is 0 Å². The summed E-state index contributed by atoms with van der Waals surface area (Å²) < 4.78 is 13.2. The maximum Gasteiger partial charge on any atom is 0.124 e. The second-order valence-electron chi connectivity index (χ2n) is 5.18. The average molecular weight is 261 g/mol. The van der Waals surface area contributed by atoms with Gasteiger partial charge in [0.25, 0.3) is 0 Å². The van der Waals surface area contributed by atoms with E-state index in [1.807, 2.05) is 14.1 Å². The Hall–Kier alpha value is -1.60. The Morgan fingerprint density at radius 3 is 2.58 bits per heavy atom. The summed E-state index contributed by atoms with van der Waals surface area (Å²) in [7, 11) is 4.00. The number of benzene rings is 1. The number of nitrogens with one attached hydrogen (secondary N) is 1. The van der Waals surface area contributed by atoms with Crippen molar-refractivity contribution in [3.05, 3.63) is 29.6 Å². The second kappa shape index (κ2) is 6.03. The summed E-state index contributed by atoms with van der Waals surface area (Å²) in [5.74, 6) is -0.354. The van der Waals surface area contributed by atoms with E-state index in [1.54, 1.807) is 6.07 Å². The Balaban J connectivity index is 2.12. The summed E-state index contributed by atoms with van der Waals surface area (Å²) in [6.45, 7) is 0. The Labute approximate surface area is 114 Å². The standard InChI is InChI=1S/C15H20FN3/c1-18-13-4-6-14(7-5-13)19(2)15-8-3-12(16)9-11(15)10-17/h3,8-9,13-14,18H,4-7H2,1-2H3. The molecule has 0 aliphatic heterocycles. The maximum absolute atomic E-state index is 13.2. The van der Waals surface area contributed by atoms with Crippen molar-refractivity contribution in [3.63, 3.8) is 0 Å². The lowest BCUT2D eigenvalue weighted by Crippen LogP contribution is -2.40. The van der Waals surface area contributed by atoms with Gasteiger partial charge in [0.2, 0.25) is 0 Å². The molecule has 1 fully saturated rings. The Bertz CT molecular complexity index is 473. The fourth-order valence-corrected chi connectivity index (χ4v) is 2.85. The van der Waals surface area contributed by atoms with Crippen LogP contribution in [0.4, 0.5) is 10.1 Å². The summed E-state index contributed by atoms with van der Waals surface area (Å²) in [4.78, 5) is 2.13. The predicted octanol–water partition coefficient (Wildman–Crippen LogP) is 2.66. The van der Waals surface area contributed by atoms with Crippen LogP contribution in [0, 0.1) is 17.1 Å². The second-order valence-corrected chi connectivity index (χ2v) is 5.18. The van der Waals surface area contributed by atoms with Crippen molar-refractivity contribution >= 4 is 5.69 Å². The molecule has 19 heavy (non-hydrogen) atoms. The molecule has 1 saturated carbocycles. The first-order valence-electron chi connectivity index (χ1n) is 6.75. The zero-order valence-corrected chi connectivity index (χ0v) is 11.5. The van der Waals surface area contributed by atoms with E-state index in [0.29, 0.717) is 17.6 Å². The molecular weight excluding hydrogens is 241 g/mol. The highest BCUT2D eigenvalue weighted by molar-refractivity contribution is 5.59. The Morgan fingerprint density at radius 1 is 1.32 bits per heavy atom. The van der Waals surface area contributed by atoms with Crippen LogP contribution in [0.2, 0.25) is 0 Å². The first kappa shape index (κ1) is 13.8. The van der Waals surface area contributed by atoms with E-state index in [4.69, 9.17) is 5.26 Å². The molecule has 0 saturated heterocycles. The number of rotatable bonds is 3. The number of halogens is 1. The molecule has 1 N–H and O–H groups in total. The Morgan fingerprint density at radius 2 is 2.00 bits per heavy atom. The number of hydrogen-bond donors (Lipinski definition) is 1. The van der Waals surface area contributed by atoms with Gasteiger partial charge in [0.15, 0.2) is 0 Å². The van der Waals surface area contributed by atoms with Crippen LogP contribution in [-0.2, 0) is 0 Å². The van der Waals surface area contributed by atoms with Crippen molar-refractivity contribution in [2.75, 3.05) is 19.0 Å². The minimum atomic E-state index is -0.354. The van der Waals surface area contributed by atoms with Crippen molar-refractivity contribution in [2.24, 2.45) is 0 Å². The van der Waals surface area contributed by atoms with Crippen LogP contribution < -0.4 is 10.2 Å². The topological polar surface area (TPSA) is 39.1 Å². The number of nitriles is 1. The minimum Gasteiger partial charge on any atom is -0.371 e. The third-order valence-corrected chi connectivity index (χ3v) is 4.11. The van der Waals surface area contributed by atoms with Gasteiger partial charge >= 0.3 is 0 Å². The molecular formula is C15H20FN3. The smallest absolute Gasteiger partial charge is 0.124 e. The zero-order valence-electron chi connectivity index (χ0n) is 11.5. The van der Waals surface area contributed by atoms with Crippen molar-refractivity contribution in [1.29, 1.82) is 5.26 Å². The summed E-state index contributed by atoms with van der Waals surface area (Å²) >= 11 is 0. The average Bonchev–Trinajstić information content (AvgIpc) is 2.46.